The van der Waals surface area contributed by atoms with E-state index in [0.29, 0.717) is 16.8 Å². The Morgan fingerprint density at radius 2 is 1.54 bits per heavy atom. The van der Waals surface area contributed by atoms with Gasteiger partial charge in [0.25, 0.3) is 0 Å². The second-order valence-electron chi connectivity index (χ2n) is 5.58. The highest BCUT2D eigenvalue weighted by atomic mass is 19.2. The third-order valence-corrected chi connectivity index (χ3v) is 3.79. The van der Waals surface area contributed by atoms with E-state index < -0.39 is 47.2 Å². The van der Waals surface area contributed by atoms with Crippen molar-refractivity contribution in [2.45, 2.75) is 33.3 Å². The van der Waals surface area contributed by atoms with Gasteiger partial charge in [0, 0.05) is 23.9 Å². The minimum Gasteiger partial charge on any atom is -0.461 e. The Labute approximate surface area is 145 Å². The van der Waals surface area contributed by atoms with Crippen molar-refractivity contribution >= 4 is 11.8 Å². The Hall–Kier alpha value is -2.71. The maximum atomic E-state index is 13.5. The van der Waals surface area contributed by atoms with Crippen molar-refractivity contribution in [1.29, 1.82) is 0 Å². The van der Waals surface area contributed by atoms with Crippen LogP contribution in [0.1, 0.15) is 40.5 Å². The van der Waals surface area contributed by atoms with Crippen molar-refractivity contribution in [3.8, 4) is 0 Å². The molecule has 0 bridgehead atoms. The van der Waals surface area contributed by atoms with E-state index in [-0.39, 0.29) is 18.6 Å². The molecule has 0 unspecified atom stereocenters. The van der Waals surface area contributed by atoms with Crippen LogP contribution >= 0.6 is 0 Å². The summed E-state index contributed by atoms with van der Waals surface area (Å²) in [4.78, 5) is 26.1. The zero-order valence-electron chi connectivity index (χ0n) is 13.8. The van der Waals surface area contributed by atoms with E-state index in [2.05, 4.69) is 9.72 Å². The third kappa shape index (κ3) is 3.76. The number of aryl methyl sites for hydroxylation is 2. The second-order valence-corrected chi connectivity index (χ2v) is 5.58. The molecule has 0 saturated carbocycles. The number of esters is 1. The molecular formula is C17H14F5NO3. The number of halogens is 5. The molecule has 0 radical (unpaired) electrons. The van der Waals surface area contributed by atoms with Crippen molar-refractivity contribution in [2.24, 2.45) is 0 Å². The second kappa shape index (κ2) is 7.67. The van der Waals surface area contributed by atoms with Crippen molar-refractivity contribution in [2.75, 3.05) is 0 Å². The summed E-state index contributed by atoms with van der Waals surface area (Å²) < 4.78 is 70.7. The molecule has 0 aliphatic heterocycles. The van der Waals surface area contributed by atoms with E-state index in [0.717, 1.165) is 0 Å². The molecule has 0 saturated heterocycles. The number of hydrogen-bond acceptors (Lipinski definition) is 3. The summed E-state index contributed by atoms with van der Waals surface area (Å²) in [5.41, 5.74) is 0.389. The Kier molecular flexibility index (Phi) is 5.79. The maximum absolute atomic E-state index is 13.5. The Morgan fingerprint density at radius 1 is 1.00 bits per heavy atom. The molecule has 4 nitrogen and oxygen atoms in total. The average molecular weight is 375 g/mol. The molecule has 2 rings (SSSR count). The van der Waals surface area contributed by atoms with Crippen LogP contribution in [0.2, 0.25) is 0 Å². The summed E-state index contributed by atoms with van der Waals surface area (Å²) in [6.07, 6.45) is 1.41. The predicted molar refractivity (Wildman–Crippen MR) is 79.9 cm³/mol. The number of H-pyrrole nitrogens is 1. The summed E-state index contributed by atoms with van der Waals surface area (Å²) in [5, 5.41) is 0. The molecule has 26 heavy (non-hydrogen) atoms. The predicted octanol–water partition coefficient (Wildman–Crippen LogP) is 3.90. The van der Waals surface area contributed by atoms with Gasteiger partial charge in [-0.3, -0.25) is 9.59 Å². The molecule has 2 aromatic rings. The number of ether oxygens (including phenoxy) is 1. The number of benzene rings is 1. The quantitative estimate of drug-likeness (QED) is 0.274. The van der Waals surface area contributed by atoms with E-state index in [1.54, 1.807) is 13.1 Å². The first-order valence-corrected chi connectivity index (χ1v) is 7.48. The molecule has 1 aromatic carbocycles. The van der Waals surface area contributed by atoms with Gasteiger partial charge in [-0.2, -0.15) is 0 Å². The number of carbonyl (C=O) groups excluding carboxylic acids is 2. The van der Waals surface area contributed by atoms with Crippen molar-refractivity contribution in [1.82, 2.24) is 4.98 Å². The van der Waals surface area contributed by atoms with Gasteiger partial charge in [-0.25, -0.2) is 22.0 Å². The van der Waals surface area contributed by atoms with Crippen LogP contribution < -0.4 is 0 Å². The van der Waals surface area contributed by atoms with Crippen LogP contribution in [0.3, 0.4) is 0 Å². The van der Waals surface area contributed by atoms with E-state index in [1.165, 1.54) is 6.92 Å². The van der Waals surface area contributed by atoms with Crippen molar-refractivity contribution < 1.29 is 36.3 Å². The number of rotatable bonds is 6. The number of carbonyl (C=O) groups is 2. The van der Waals surface area contributed by atoms with Crippen molar-refractivity contribution in [3.63, 3.8) is 0 Å². The molecular weight excluding hydrogens is 361 g/mol. The van der Waals surface area contributed by atoms with Crippen LogP contribution in [-0.4, -0.2) is 16.7 Å². The molecule has 1 heterocycles. The van der Waals surface area contributed by atoms with Gasteiger partial charge in [0.1, 0.15) is 6.61 Å². The fraction of sp³-hybridized carbons (Fsp3) is 0.294. The number of ketones is 1. The first kappa shape index (κ1) is 19.6. The number of aromatic amines is 1. The Bertz CT molecular complexity index is 847. The highest BCUT2D eigenvalue weighted by Gasteiger charge is 2.26. The van der Waals surface area contributed by atoms with Crippen LogP contribution in [0.15, 0.2) is 6.20 Å². The Morgan fingerprint density at radius 3 is 2.08 bits per heavy atom. The van der Waals surface area contributed by atoms with Gasteiger partial charge in [-0.05, 0) is 25.8 Å². The average Bonchev–Trinajstić information content (AvgIpc) is 2.97. The molecule has 1 N–H and O–H groups in total. The smallest absolute Gasteiger partial charge is 0.306 e. The number of aromatic nitrogens is 1. The topological polar surface area (TPSA) is 59.2 Å². The first-order chi connectivity index (χ1) is 12.1. The van der Waals surface area contributed by atoms with Gasteiger partial charge in [-0.15, -0.1) is 0 Å². The van der Waals surface area contributed by atoms with Crippen LogP contribution in [0.5, 0.6) is 0 Å². The Balaban J connectivity index is 2.04. The number of Topliss-reactive ketones (excluding diaryl/α,β-unsaturated/α-hetero) is 1. The summed E-state index contributed by atoms with van der Waals surface area (Å²) in [6, 6.07) is 0. The van der Waals surface area contributed by atoms with E-state index in [1.807, 2.05) is 0 Å². The minimum absolute atomic E-state index is 0.106. The first-order valence-electron chi connectivity index (χ1n) is 7.48. The third-order valence-electron chi connectivity index (χ3n) is 3.79. The van der Waals surface area contributed by atoms with Crippen LogP contribution in [0, 0.1) is 36.0 Å². The molecule has 0 aliphatic carbocycles. The lowest BCUT2D eigenvalue weighted by atomic mass is 10.0. The molecule has 0 aliphatic rings. The zero-order valence-corrected chi connectivity index (χ0v) is 13.8. The minimum atomic E-state index is -2.28. The lowest BCUT2D eigenvalue weighted by molar-refractivity contribution is -0.145. The number of hydrogen-bond donors (Lipinski definition) is 1. The van der Waals surface area contributed by atoms with Gasteiger partial charge in [0.2, 0.25) is 5.82 Å². The summed E-state index contributed by atoms with van der Waals surface area (Å²) in [6.45, 7) is 1.94. The standard InChI is InChI=1S/C17H14F5NO3/c1-7-12(8(2)24)9(5-23-7)3-4-11(25)26-6-10-13(18)15(20)17(22)16(21)14(10)19/h5,23H,3-4,6H2,1-2H3. The van der Waals surface area contributed by atoms with Gasteiger partial charge in [0.15, 0.2) is 29.1 Å². The van der Waals surface area contributed by atoms with Gasteiger partial charge < -0.3 is 9.72 Å². The monoisotopic (exact) mass is 375 g/mol. The van der Waals surface area contributed by atoms with E-state index >= 15 is 0 Å². The molecule has 0 spiro atoms. The largest absolute Gasteiger partial charge is 0.461 e. The van der Waals surface area contributed by atoms with E-state index in [9.17, 15) is 31.5 Å². The maximum Gasteiger partial charge on any atom is 0.306 e. The molecule has 1 aromatic heterocycles. The summed E-state index contributed by atoms with van der Waals surface area (Å²) in [5.74, 6) is -11.7. The highest BCUT2D eigenvalue weighted by molar-refractivity contribution is 5.96. The lowest BCUT2D eigenvalue weighted by Crippen LogP contribution is -2.12. The van der Waals surface area contributed by atoms with Gasteiger partial charge in [-0.1, -0.05) is 0 Å². The fourth-order valence-corrected chi connectivity index (χ4v) is 2.51. The normalized spacial score (nSPS) is 10.9. The summed E-state index contributed by atoms with van der Waals surface area (Å²) in [7, 11) is 0. The van der Waals surface area contributed by atoms with Crippen LogP contribution in [0.25, 0.3) is 0 Å². The van der Waals surface area contributed by atoms with Gasteiger partial charge in [0.05, 0.1) is 5.56 Å². The molecule has 0 atom stereocenters. The summed E-state index contributed by atoms with van der Waals surface area (Å²) >= 11 is 0. The molecule has 140 valence electrons. The molecule has 0 fully saturated rings. The molecule has 0 amide bonds. The zero-order chi connectivity index (χ0) is 19.6. The highest BCUT2D eigenvalue weighted by Crippen LogP contribution is 2.24. The van der Waals surface area contributed by atoms with Crippen LogP contribution in [0.4, 0.5) is 22.0 Å². The fourth-order valence-electron chi connectivity index (χ4n) is 2.51. The molecule has 9 heteroatoms. The van der Waals surface area contributed by atoms with Gasteiger partial charge >= 0.3 is 5.97 Å². The van der Waals surface area contributed by atoms with Crippen LogP contribution in [-0.2, 0) is 22.6 Å². The lowest BCUT2D eigenvalue weighted by Gasteiger charge is -2.09. The number of nitrogens with one attached hydrogen (secondary N) is 1. The van der Waals surface area contributed by atoms with E-state index in [4.69, 9.17) is 0 Å². The van der Waals surface area contributed by atoms with Crippen molar-refractivity contribution in [3.05, 3.63) is 57.7 Å². The SMILES string of the molecule is CC(=O)c1c(CCC(=O)OCc2c(F)c(F)c(F)c(F)c2F)c[nH]c1C.